The molecule has 0 saturated carbocycles. The molecule has 1 aliphatic rings. The van der Waals surface area contributed by atoms with Crippen LogP contribution in [0.2, 0.25) is 0 Å². The van der Waals surface area contributed by atoms with E-state index in [0.717, 1.165) is 0 Å². The van der Waals surface area contributed by atoms with E-state index in [-0.39, 0.29) is 6.42 Å². The Kier molecular flexibility index (Phi) is 4.97. The molecule has 1 atom stereocenters. The summed E-state index contributed by atoms with van der Waals surface area (Å²) in [6, 6.07) is 5.70. The molecule has 1 aromatic heterocycles. The summed E-state index contributed by atoms with van der Waals surface area (Å²) in [6.45, 7) is 0.397. The Morgan fingerprint density at radius 3 is 2.54 bits per heavy atom. The average molecular weight is 369 g/mol. The maximum atomic E-state index is 13.8. The number of amides is 1. The molecule has 0 spiro atoms. The topological polar surface area (TPSA) is 54.5 Å². The van der Waals surface area contributed by atoms with E-state index < -0.39 is 41.2 Å². The van der Waals surface area contributed by atoms with Crippen LogP contribution in [0.25, 0.3) is 0 Å². The number of rotatable bonds is 4. The van der Waals surface area contributed by atoms with Crippen molar-refractivity contribution in [2.75, 3.05) is 23.9 Å². The van der Waals surface area contributed by atoms with E-state index in [1.54, 1.807) is 24.3 Å². The molecule has 5 nitrogen and oxygen atoms in total. The van der Waals surface area contributed by atoms with Crippen LogP contribution >= 0.6 is 0 Å². The summed E-state index contributed by atoms with van der Waals surface area (Å²) in [4.78, 5) is 16.6. The van der Waals surface area contributed by atoms with Crippen molar-refractivity contribution < 1.29 is 27.1 Å². The number of piperidine rings is 1. The summed E-state index contributed by atoms with van der Waals surface area (Å²) < 4.78 is 59.2. The van der Waals surface area contributed by atoms with Crippen molar-refractivity contribution in [3.63, 3.8) is 0 Å². The fraction of sp³-hybridized carbons (Fsp3) is 0.294. The molecule has 0 bridgehead atoms. The van der Waals surface area contributed by atoms with Crippen LogP contribution in [0.3, 0.4) is 0 Å². The second-order valence-electron chi connectivity index (χ2n) is 5.73. The Labute approximate surface area is 146 Å². The standard InChI is InChI=1S/C17H15F4N3O2/c1-26-10-5-2-4-9(8-10)24-7-3-6-11(17(24)25)22-14-12(18)15(20)23-16(21)13(14)19/h2,4-5,8,11H,3,6-7H2,1H3,(H,22,23). The zero-order valence-corrected chi connectivity index (χ0v) is 13.7. The highest BCUT2D eigenvalue weighted by Gasteiger charge is 2.32. The van der Waals surface area contributed by atoms with Gasteiger partial charge < -0.3 is 15.0 Å². The molecular weight excluding hydrogens is 354 g/mol. The highest BCUT2D eigenvalue weighted by atomic mass is 19.2. The molecule has 1 unspecified atom stereocenters. The summed E-state index contributed by atoms with van der Waals surface area (Å²) in [5.41, 5.74) is -0.491. The number of halogens is 4. The predicted molar refractivity (Wildman–Crippen MR) is 86.1 cm³/mol. The van der Waals surface area contributed by atoms with Gasteiger partial charge in [0.05, 0.1) is 7.11 Å². The third-order valence-corrected chi connectivity index (χ3v) is 4.12. The van der Waals surface area contributed by atoms with E-state index in [0.29, 0.717) is 24.4 Å². The largest absolute Gasteiger partial charge is 0.497 e. The Balaban J connectivity index is 1.87. The molecule has 1 aliphatic heterocycles. The first-order valence-corrected chi connectivity index (χ1v) is 7.84. The number of nitrogens with zero attached hydrogens (tertiary/aromatic N) is 2. The number of carbonyl (C=O) groups excluding carboxylic acids is 1. The second kappa shape index (κ2) is 7.19. The van der Waals surface area contributed by atoms with Gasteiger partial charge in [-0.3, -0.25) is 4.79 Å². The summed E-state index contributed by atoms with van der Waals surface area (Å²) >= 11 is 0. The van der Waals surface area contributed by atoms with Gasteiger partial charge in [0.15, 0.2) is 0 Å². The van der Waals surface area contributed by atoms with Crippen molar-refractivity contribution in [2.24, 2.45) is 0 Å². The van der Waals surface area contributed by atoms with Crippen molar-refractivity contribution in [3.05, 3.63) is 47.8 Å². The predicted octanol–water partition coefficient (Wildman–Crippen LogP) is 3.25. The number of ether oxygens (including phenoxy) is 1. The lowest BCUT2D eigenvalue weighted by molar-refractivity contribution is -0.120. The third kappa shape index (κ3) is 3.29. The fourth-order valence-corrected chi connectivity index (χ4v) is 2.83. The SMILES string of the molecule is COc1cccc(N2CCCC(Nc3c(F)c(F)nc(F)c3F)C2=O)c1. The highest BCUT2D eigenvalue weighted by Crippen LogP contribution is 2.28. The Morgan fingerprint density at radius 1 is 1.19 bits per heavy atom. The van der Waals surface area contributed by atoms with Crippen LogP contribution in [0.1, 0.15) is 12.8 Å². The zero-order valence-electron chi connectivity index (χ0n) is 13.7. The first-order chi connectivity index (χ1) is 12.4. The van der Waals surface area contributed by atoms with Gasteiger partial charge in [-0.15, -0.1) is 0 Å². The van der Waals surface area contributed by atoms with Crippen molar-refractivity contribution >= 4 is 17.3 Å². The van der Waals surface area contributed by atoms with E-state index in [1.807, 2.05) is 0 Å². The van der Waals surface area contributed by atoms with Crippen LogP contribution in [0, 0.1) is 23.5 Å². The molecule has 2 heterocycles. The number of pyridine rings is 1. The van der Waals surface area contributed by atoms with Gasteiger partial charge in [0.25, 0.3) is 11.9 Å². The van der Waals surface area contributed by atoms with Crippen molar-refractivity contribution in [1.82, 2.24) is 4.98 Å². The van der Waals surface area contributed by atoms with Crippen LogP contribution in [0.5, 0.6) is 5.75 Å². The molecule has 0 aliphatic carbocycles. The smallest absolute Gasteiger partial charge is 0.253 e. The summed E-state index contributed by atoms with van der Waals surface area (Å²) in [7, 11) is 1.49. The number of benzene rings is 1. The molecule has 1 N–H and O–H groups in total. The number of hydrogen-bond acceptors (Lipinski definition) is 4. The Bertz CT molecular complexity index is 821. The van der Waals surface area contributed by atoms with Crippen LogP contribution in [0.4, 0.5) is 28.9 Å². The summed E-state index contributed by atoms with van der Waals surface area (Å²) in [5, 5.41) is 2.28. The monoisotopic (exact) mass is 369 g/mol. The van der Waals surface area contributed by atoms with E-state index >= 15 is 0 Å². The average Bonchev–Trinajstić information content (AvgIpc) is 2.65. The number of hydrogen-bond donors (Lipinski definition) is 1. The first kappa shape index (κ1) is 18.0. The van der Waals surface area contributed by atoms with Gasteiger partial charge in [0.2, 0.25) is 17.5 Å². The molecular formula is C17H15F4N3O2. The van der Waals surface area contributed by atoms with Crippen LogP contribution < -0.4 is 15.0 Å². The molecule has 2 aromatic rings. The van der Waals surface area contributed by atoms with Crippen LogP contribution in [-0.4, -0.2) is 30.6 Å². The van der Waals surface area contributed by atoms with Gasteiger partial charge in [-0.25, -0.2) is 0 Å². The molecule has 1 saturated heterocycles. The molecule has 26 heavy (non-hydrogen) atoms. The minimum absolute atomic E-state index is 0.254. The molecule has 9 heteroatoms. The summed E-state index contributed by atoms with van der Waals surface area (Å²) in [5.74, 6) is -6.83. The van der Waals surface area contributed by atoms with E-state index in [4.69, 9.17) is 4.74 Å². The number of methoxy groups -OCH3 is 1. The van der Waals surface area contributed by atoms with Crippen molar-refractivity contribution in [3.8, 4) is 5.75 Å². The Hall–Kier alpha value is -2.84. The molecule has 3 rings (SSSR count). The maximum Gasteiger partial charge on any atom is 0.253 e. The highest BCUT2D eigenvalue weighted by molar-refractivity contribution is 5.99. The zero-order chi connectivity index (χ0) is 18.8. The number of carbonyl (C=O) groups is 1. The lowest BCUT2D eigenvalue weighted by atomic mass is 10.0. The minimum atomic E-state index is -1.78. The van der Waals surface area contributed by atoms with Crippen molar-refractivity contribution in [2.45, 2.75) is 18.9 Å². The number of nitrogens with one attached hydrogen (secondary N) is 1. The van der Waals surface area contributed by atoms with Gasteiger partial charge in [-0.05, 0) is 25.0 Å². The Morgan fingerprint density at radius 2 is 1.88 bits per heavy atom. The number of anilines is 2. The first-order valence-electron chi connectivity index (χ1n) is 7.84. The minimum Gasteiger partial charge on any atom is -0.497 e. The van der Waals surface area contributed by atoms with Crippen LogP contribution in [-0.2, 0) is 4.79 Å². The quantitative estimate of drug-likeness (QED) is 0.664. The molecule has 0 radical (unpaired) electrons. The summed E-state index contributed by atoms with van der Waals surface area (Å²) in [6.07, 6.45) is 0.781. The maximum absolute atomic E-state index is 13.8. The van der Waals surface area contributed by atoms with Crippen LogP contribution in [0.15, 0.2) is 24.3 Å². The normalized spacial score (nSPS) is 17.3. The molecule has 1 fully saturated rings. The second-order valence-corrected chi connectivity index (χ2v) is 5.73. The van der Waals surface area contributed by atoms with E-state index in [1.165, 1.54) is 12.0 Å². The van der Waals surface area contributed by atoms with Gasteiger partial charge in [0, 0.05) is 18.3 Å². The van der Waals surface area contributed by atoms with Gasteiger partial charge in [-0.1, -0.05) is 6.07 Å². The van der Waals surface area contributed by atoms with E-state index in [9.17, 15) is 22.4 Å². The van der Waals surface area contributed by atoms with Gasteiger partial charge >= 0.3 is 0 Å². The van der Waals surface area contributed by atoms with Crippen molar-refractivity contribution in [1.29, 1.82) is 0 Å². The number of aromatic nitrogens is 1. The molecule has 1 aromatic carbocycles. The van der Waals surface area contributed by atoms with Gasteiger partial charge in [0.1, 0.15) is 17.5 Å². The molecule has 1 amide bonds. The third-order valence-electron chi connectivity index (χ3n) is 4.12. The fourth-order valence-electron chi connectivity index (χ4n) is 2.83. The van der Waals surface area contributed by atoms with E-state index in [2.05, 4.69) is 10.3 Å². The lowest BCUT2D eigenvalue weighted by Crippen LogP contribution is -2.48. The molecule has 138 valence electrons. The van der Waals surface area contributed by atoms with Gasteiger partial charge in [-0.2, -0.15) is 22.5 Å². The lowest BCUT2D eigenvalue weighted by Gasteiger charge is -2.33.